The van der Waals surface area contributed by atoms with Gasteiger partial charge in [-0.05, 0) is 48.7 Å². The predicted molar refractivity (Wildman–Crippen MR) is 252 cm³/mol. The van der Waals surface area contributed by atoms with Crippen LogP contribution in [0.3, 0.4) is 0 Å². The van der Waals surface area contributed by atoms with E-state index >= 15 is 0 Å². The van der Waals surface area contributed by atoms with Crippen molar-refractivity contribution in [2.75, 3.05) is 20.3 Å². The molecular weight excluding hydrogens is 820 g/mol. The van der Waals surface area contributed by atoms with Gasteiger partial charge in [0.1, 0.15) is 30.3 Å². The van der Waals surface area contributed by atoms with Gasteiger partial charge in [-0.1, -0.05) is 180 Å². The number of methoxy groups -OCH3 is 1. The van der Waals surface area contributed by atoms with E-state index in [1.807, 2.05) is 0 Å². The van der Waals surface area contributed by atoms with Gasteiger partial charge in [0.05, 0.1) is 12.7 Å². The number of hydrogen-bond acceptors (Lipinski definition) is 10. The van der Waals surface area contributed by atoms with Gasteiger partial charge in [0.25, 0.3) is 0 Å². The third-order valence-electron chi connectivity index (χ3n) is 11.5. The number of phosphoric acid groups is 1. The topological polar surface area (TPSA) is 148 Å². The fraction of sp³-hybridized carbons (Fsp3) is 0.667. The number of benzene rings is 2. The first kappa shape index (κ1) is 53.7. The van der Waals surface area contributed by atoms with Crippen molar-refractivity contribution in [3.05, 3.63) is 59.0 Å². The van der Waals surface area contributed by atoms with E-state index in [0.717, 1.165) is 38.5 Å². The quantitative estimate of drug-likeness (QED) is 0.0253. The van der Waals surface area contributed by atoms with Crippen molar-refractivity contribution in [1.29, 1.82) is 0 Å². The van der Waals surface area contributed by atoms with E-state index in [4.69, 9.17) is 27.7 Å². The molecule has 2 atom stereocenters. The summed E-state index contributed by atoms with van der Waals surface area (Å²) in [6, 6.07) is 13.0. The molecule has 1 N–H and O–H groups in total. The van der Waals surface area contributed by atoms with Crippen LogP contribution in [0.1, 0.15) is 194 Å². The largest absolute Gasteiger partial charge is 0.527 e. The highest BCUT2D eigenvalue weighted by molar-refractivity contribution is 7.47. The van der Waals surface area contributed by atoms with Crippen LogP contribution in [0.25, 0.3) is 22.1 Å². The standard InChI is InChI=1S/C51H79O11P/c1-4-6-8-10-12-14-16-18-20-22-24-26-28-30-49(52)58-40-46(60-50(53)31-29-27-25-23-21-19-17-15-13-11-9-7-5-2)41-59-63(55,56)62-45-37-34-43-38-47(51(54)61-48(43)39-45)42-32-35-44(57-3)36-33-42/h32-39,46H,4-31,40-41H2,1-3H3,(H,55,56)/t46-/m1/s1. The van der Waals surface area contributed by atoms with Gasteiger partial charge in [0.2, 0.25) is 0 Å². The summed E-state index contributed by atoms with van der Waals surface area (Å²) in [7, 11) is -3.21. The van der Waals surface area contributed by atoms with Crippen LogP contribution in [0.5, 0.6) is 11.5 Å². The summed E-state index contributed by atoms with van der Waals surface area (Å²) in [6.07, 6.45) is 30.3. The molecule has 0 amide bonds. The third kappa shape index (κ3) is 24.3. The van der Waals surface area contributed by atoms with Gasteiger partial charge >= 0.3 is 25.4 Å². The van der Waals surface area contributed by atoms with Crippen molar-refractivity contribution in [3.63, 3.8) is 0 Å². The summed E-state index contributed by atoms with van der Waals surface area (Å²) < 4.78 is 45.6. The van der Waals surface area contributed by atoms with Crippen LogP contribution >= 0.6 is 7.82 Å². The summed E-state index contributed by atoms with van der Waals surface area (Å²) in [5, 5.41) is 0.567. The molecule has 0 saturated carbocycles. The molecule has 0 radical (unpaired) electrons. The average molecular weight is 899 g/mol. The van der Waals surface area contributed by atoms with Gasteiger partial charge in [0, 0.05) is 24.3 Å². The van der Waals surface area contributed by atoms with Crippen LogP contribution in [0.15, 0.2) is 57.7 Å². The van der Waals surface area contributed by atoms with Crippen molar-refractivity contribution >= 4 is 30.7 Å². The van der Waals surface area contributed by atoms with E-state index in [0.29, 0.717) is 35.1 Å². The SMILES string of the molecule is CCCCCCCCCCCCCCCC(=O)OC[C@H](COP(=O)(O)Oc1ccc2cc(-c3ccc(OC)cc3)c(=O)oc2c1)OC(=O)CCCCCCCCCCCCCCC. The van der Waals surface area contributed by atoms with Crippen LogP contribution in [-0.2, 0) is 28.2 Å². The monoisotopic (exact) mass is 899 g/mol. The van der Waals surface area contributed by atoms with E-state index < -0.39 is 38.1 Å². The Kier molecular flexibility index (Phi) is 28.0. The van der Waals surface area contributed by atoms with Crippen LogP contribution < -0.4 is 14.9 Å². The van der Waals surface area contributed by atoms with Crippen molar-refractivity contribution < 1.29 is 46.7 Å². The summed E-state index contributed by atoms with van der Waals surface area (Å²) in [4.78, 5) is 49.1. The van der Waals surface area contributed by atoms with E-state index in [1.54, 1.807) is 43.5 Å². The normalized spacial score (nSPS) is 12.8. The molecule has 1 heterocycles. The van der Waals surface area contributed by atoms with Gasteiger partial charge in [0.15, 0.2) is 6.10 Å². The first-order chi connectivity index (χ1) is 30.6. The Hall–Kier alpha value is -3.66. The molecule has 0 aliphatic heterocycles. The molecular formula is C51H79O11P. The zero-order valence-corrected chi connectivity index (χ0v) is 39.8. The molecule has 0 spiro atoms. The molecule has 3 rings (SSSR count). The number of rotatable bonds is 38. The molecule has 63 heavy (non-hydrogen) atoms. The van der Waals surface area contributed by atoms with Crippen molar-refractivity contribution in [2.45, 2.75) is 200 Å². The molecule has 1 unspecified atom stereocenters. The average Bonchev–Trinajstić information content (AvgIpc) is 3.27. The number of phosphoric ester groups is 1. The zero-order chi connectivity index (χ0) is 45.4. The van der Waals surface area contributed by atoms with Crippen LogP contribution in [0.4, 0.5) is 0 Å². The van der Waals surface area contributed by atoms with Gasteiger partial charge < -0.3 is 23.2 Å². The number of fused-ring (bicyclic) bond motifs is 1. The van der Waals surface area contributed by atoms with Gasteiger partial charge in [-0.3, -0.25) is 19.0 Å². The fourth-order valence-corrected chi connectivity index (χ4v) is 8.44. The molecule has 354 valence electrons. The molecule has 12 heteroatoms. The molecule has 2 aromatic carbocycles. The second-order valence-corrected chi connectivity index (χ2v) is 18.4. The minimum absolute atomic E-state index is 0.0751. The molecule has 0 bridgehead atoms. The predicted octanol–water partition coefficient (Wildman–Crippen LogP) is 14.4. The molecule has 1 aromatic heterocycles. The minimum Gasteiger partial charge on any atom is -0.497 e. The van der Waals surface area contributed by atoms with Crippen LogP contribution in [-0.4, -0.2) is 43.3 Å². The summed E-state index contributed by atoms with van der Waals surface area (Å²) in [6.45, 7) is 3.62. The van der Waals surface area contributed by atoms with Crippen LogP contribution in [0.2, 0.25) is 0 Å². The smallest absolute Gasteiger partial charge is 0.497 e. The Labute approximate surface area is 378 Å². The summed E-state index contributed by atoms with van der Waals surface area (Å²) in [5.41, 5.74) is 0.532. The molecule has 3 aromatic rings. The minimum atomic E-state index is -4.77. The lowest BCUT2D eigenvalue weighted by Gasteiger charge is -2.20. The van der Waals surface area contributed by atoms with E-state index in [-0.39, 0.29) is 30.8 Å². The van der Waals surface area contributed by atoms with E-state index in [9.17, 15) is 23.8 Å². The lowest BCUT2D eigenvalue weighted by molar-refractivity contribution is -0.161. The van der Waals surface area contributed by atoms with E-state index in [2.05, 4.69) is 13.8 Å². The maximum atomic E-state index is 13.1. The lowest BCUT2D eigenvalue weighted by Crippen LogP contribution is -2.29. The number of carbonyl (C=O) groups is 2. The van der Waals surface area contributed by atoms with Crippen molar-refractivity contribution in [3.8, 4) is 22.6 Å². The highest BCUT2D eigenvalue weighted by atomic mass is 31.2. The Morgan fingerprint density at radius 3 is 1.56 bits per heavy atom. The summed E-state index contributed by atoms with van der Waals surface area (Å²) in [5.74, 6) is -0.343. The number of hydrogen-bond donors (Lipinski definition) is 1. The third-order valence-corrected chi connectivity index (χ3v) is 12.4. The number of carbonyl (C=O) groups excluding carboxylic acids is 2. The lowest BCUT2D eigenvalue weighted by atomic mass is 10.0. The Balaban J connectivity index is 1.45. The van der Waals surface area contributed by atoms with Crippen LogP contribution in [0, 0.1) is 0 Å². The van der Waals surface area contributed by atoms with Gasteiger partial charge in [-0.2, -0.15) is 0 Å². The fourth-order valence-electron chi connectivity index (χ4n) is 7.65. The second-order valence-electron chi connectivity index (χ2n) is 17.0. The Bertz CT molecular complexity index is 1790. The summed E-state index contributed by atoms with van der Waals surface area (Å²) >= 11 is 0. The maximum absolute atomic E-state index is 13.1. The number of ether oxygens (including phenoxy) is 3. The number of unbranched alkanes of at least 4 members (excludes halogenated alkanes) is 24. The zero-order valence-electron chi connectivity index (χ0n) is 38.9. The second kappa shape index (κ2) is 32.9. The number of esters is 2. The van der Waals surface area contributed by atoms with Gasteiger partial charge in [-0.25, -0.2) is 9.36 Å². The molecule has 0 aliphatic rings. The van der Waals surface area contributed by atoms with Crippen molar-refractivity contribution in [2.24, 2.45) is 0 Å². The maximum Gasteiger partial charge on any atom is 0.527 e. The molecule has 11 nitrogen and oxygen atoms in total. The first-order valence-electron chi connectivity index (χ1n) is 24.4. The van der Waals surface area contributed by atoms with Gasteiger partial charge in [-0.15, -0.1) is 0 Å². The molecule has 0 saturated heterocycles. The first-order valence-corrected chi connectivity index (χ1v) is 25.9. The Morgan fingerprint density at radius 2 is 1.06 bits per heavy atom. The highest BCUT2D eigenvalue weighted by Gasteiger charge is 2.28. The molecule has 0 aliphatic carbocycles. The molecule has 0 fully saturated rings. The Morgan fingerprint density at radius 1 is 0.603 bits per heavy atom. The highest BCUT2D eigenvalue weighted by Crippen LogP contribution is 2.44. The van der Waals surface area contributed by atoms with Crippen molar-refractivity contribution in [1.82, 2.24) is 0 Å². The van der Waals surface area contributed by atoms with E-state index in [1.165, 1.54) is 128 Å².